The zero-order valence-electron chi connectivity index (χ0n) is 12.9. The summed E-state index contributed by atoms with van der Waals surface area (Å²) in [6, 6.07) is 7.48. The molecule has 6 nitrogen and oxygen atoms in total. The van der Waals surface area contributed by atoms with E-state index < -0.39 is 0 Å². The number of hydrogen-bond acceptors (Lipinski definition) is 4. The molecule has 0 saturated carbocycles. The lowest BCUT2D eigenvalue weighted by Crippen LogP contribution is -2.39. The lowest BCUT2D eigenvalue weighted by atomic mass is 10.2. The lowest BCUT2D eigenvalue weighted by molar-refractivity contribution is -0.130. The fraction of sp³-hybridized carbons (Fsp3) is 0.375. The van der Waals surface area contributed by atoms with Crippen molar-refractivity contribution in [2.75, 3.05) is 50.6 Å². The van der Waals surface area contributed by atoms with Crippen molar-refractivity contribution in [3.05, 3.63) is 36.4 Å². The number of benzene rings is 1. The van der Waals surface area contributed by atoms with Gasteiger partial charge in [-0.25, -0.2) is 0 Å². The molecule has 0 atom stereocenters. The van der Waals surface area contributed by atoms with Gasteiger partial charge >= 0.3 is 0 Å². The number of nitrogens with zero attached hydrogens (tertiary/aromatic N) is 2. The number of rotatable bonds is 4. The molecule has 118 valence electrons. The second-order valence-electron chi connectivity index (χ2n) is 5.20. The minimum absolute atomic E-state index is 0.165. The van der Waals surface area contributed by atoms with E-state index in [1.807, 2.05) is 43.3 Å². The molecule has 0 spiro atoms. The van der Waals surface area contributed by atoms with Gasteiger partial charge in [0, 0.05) is 50.7 Å². The van der Waals surface area contributed by atoms with Crippen LogP contribution in [0.2, 0.25) is 0 Å². The van der Waals surface area contributed by atoms with Gasteiger partial charge in [-0.15, -0.1) is 0 Å². The van der Waals surface area contributed by atoms with E-state index in [0.29, 0.717) is 32.0 Å². The van der Waals surface area contributed by atoms with Gasteiger partial charge in [0.2, 0.25) is 11.8 Å². The first-order chi connectivity index (χ1) is 10.6. The van der Waals surface area contributed by atoms with Gasteiger partial charge in [-0.1, -0.05) is 0 Å². The Labute approximate surface area is 130 Å². The zero-order chi connectivity index (χ0) is 15.9. The molecule has 6 heteroatoms. The zero-order valence-corrected chi connectivity index (χ0v) is 12.9. The Kier molecular flexibility index (Phi) is 5.55. The third-order valence-electron chi connectivity index (χ3n) is 3.35. The van der Waals surface area contributed by atoms with Gasteiger partial charge in [-0.3, -0.25) is 9.59 Å². The van der Waals surface area contributed by atoms with E-state index in [2.05, 4.69) is 5.32 Å². The Balaban J connectivity index is 1.86. The molecule has 1 aliphatic heterocycles. The van der Waals surface area contributed by atoms with E-state index in [4.69, 9.17) is 4.74 Å². The smallest absolute Gasteiger partial charge is 0.248 e. The summed E-state index contributed by atoms with van der Waals surface area (Å²) >= 11 is 0. The van der Waals surface area contributed by atoms with E-state index in [1.54, 1.807) is 4.90 Å². The molecule has 0 aromatic heterocycles. The molecule has 2 amide bonds. The monoisotopic (exact) mass is 303 g/mol. The number of carbonyl (C=O) groups excluding carboxylic acids is 2. The molecule has 1 saturated heterocycles. The third-order valence-corrected chi connectivity index (χ3v) is 3.35. The molecule has 0 bridgehead atoms. The predicted octanol–water partition coefficient (Wildman–Crippen LogP) is 1.11. The minimum atomic E-state index is -0.320. The number of morpholine rings is 1. The van der Waals surface area contributed by atoms with Gasteiger partial charge < -0.3 is 19.9 Å². The maximum absolute atomic E-state index is 11.9. The standard InChI is InChI=1S/C16H21N3O3/c1-18(2)14-5-3-13(4-6-14)17-15(20)7-8-16(21)19-9-11-22-12-10-19/h3-8H,9-12H2,1-2H3,(H,17,20)/b8-7-. The van der Waals surface area contributed by atoms with Crippen LogP contribution in [0.5, 0.6) is 0 Å². The van der Waals surface area contributed by atoms with Crippen LogP contribution in [-0.2, 0) is 14.3 Å². The number of amides is 2. The minimum Gasteiger partial charge on any atom is -0.378 e. The lowest BCUT2D eigenvalue weighted by Gasteiger charge is -2.25. The third kappa shape index (κ3) is 4.60. The van der Waals surface area contributed by atoms with Gasteiger partial charge in [0.05, 0.1) is 13.2 Å². The summed E-state index contributed by atoms with van der Waals surface area (Å²) in [5.41, 5.74) is 1.75. The van der Waals surface area contributed by atoms with Crippen LogP contribution < -0.4 is 10.2 Å². The van der Waals surface area contributed by atoms with Gasteiger partial charge in [0.25, 0.3) is 0 Å². The van der Waals surface area contributed by atoms with Crippen molar-refractivity contribution in [3.8, 4) is 0 Å². The van der Waals surface area contributed by atoms with Crippen LogP contribution in [0.4, 0.5) is 11.4 Å². The molecule has 1 aromatic carbocycles. The highest BCUT2D eigenvalue weighted by Crippen LogP contribution is 2.15. The quantitative estimate of drug-likeness (QED) is 0.846. The second kappa shape index (κ2) is 7.61. The van der Waals surface area contributed by atoms with Crippen LogP contribution in [0, 0.1) is 0 Å². The first-order valence-corrected chi connectivity index (χ1v) is 7.19. The van der Waals surface area contributed by atoms with Gasteiger partial charge in [0.15, 0.2) is 0 Å². The fourth-order valence-electron chi connectivity index (χ4n) is 2.06. The van der Waals surface area contributed by atoms with Crippen LogP contribution in [-0.4, -0.2) is 57.1 Å². The maximum atomic E-state index is 11.9. The summed E-state index contributed by atoms with van der Waals surface area (Å²) in [7, 11) is 3.90. The molecule has 1 N–H and O–H groups in total. The topological polar surface area (TPSA) is 61.9 Å². The van der Waals surface area contributed by atoms with Crippen molar-refractivity contribution in [3.63, 3.8) is 0 Å². The van der Waals surface area contributed by atoms with E-state index in [1.165, 1.54) is 12.2 Å². The van der Waals surface area contributed by atoms with Crippen LogP contribution in [0.1, 0.15) is 0 Å². The van der Waals surface area contributed by atoms with Crippen molar-refractivity contribution in [2.45, 2.75) is 0 Å². The number of carbonyl (C=O) groups is 2. The fourth-order valence-corrected chi connectivity index (χ4v) is 2.06. The molecule has 1 aromatic rings. The van der Waals surface area contributed by atoms with Crippen molar-refractivity contribution in [1.29, 1.82) is 0 Å². The molecule has 0 radical (unpaired) electrons. The van der Waals surface area contributed by atoms with E-state index >= 15 is 0 Å². The second-order valence-corrected chi connectivity index (χ2v) is 5.20. The summed E-state index contributed by atoms with van der Waals surface area (Å²) in [6.07, 6.45) is 2.56. The van der Waals surface area contributed by atoms with Crippen LogP contribution in [0.15, 0.2) is 36.4 Å². The predicted molar refractivity (Wildman–Crippen MR) is 85.9 cm³/mol. The highest BCUT2D eigenvalue weighted by molar-refractivity contribution is 6.03. The Morgan fingerprint density at radius 2 is 1.77 bits per heavy atom. The summed E-state index contributed by atoms with van der Waals surface area (Å²) in [6.45, 7) is 2.22. The summed E-state index contributed by atoms with van der Waals surface area (Å²) < 4.78 is 5.18. The Bertz CT molecular complexity index is 546. The average Bonchev–Trinajstić information content (AvgIpc) is 2.54. The van der Waals surface area contributed by atoms with Crippen molar-refractivity contribution in [2.24, 2.45) is 0 Å². The SMILES string of the molecule is CN(C)c1ccc(NC(=O)/C=C\C(=O)N2CCOCC2)cc1. The Morgan fingerprint density at radius 3 is 2.36 bits per heavy atom. The summed E-state index contributed by atoms with van der Waals surface area (Å²) in [5.74, 6) is -0.486. The number of anilines is 2. The first-order valence-electron chi connectivity index (χ1n) is 7.19. The van der Waals surface area contributed by atoms with Crippen molar-refractivity contribution < 1.29 is 14.3 Å². The van der Waals surface area contributed by atoms with Gasteiger partial charge in [0.1, 0.15) is 0 Å². The number of ether oxygens (including phenoxy) is 1. The van der Waals surface area contributed by atoms with Gasteiger partial charge in [-0.05, 0) is 24.3 Å². The summed E-state index contributed by atoms with van der Waals surface area (Å²) in [5, 5.41) is 2.73. The largest absolute Gasteiger partial charge is 0.378 e. The molecule has 22 heavy (non-hydrogen) atoms. The highest BCUT2D eigenvalue weighted by Gasteiger charge is 2.14. The average molecular weight is 303 g/mol. The van der Waals surface area contributed by atoms with Gasteiger partial charge in [-0.2, -0.15) is 0 Å². The van der Waals surface area contributed by atoms with E-state index in [0.717, 1.165) is 5.69 Å². The number of hydrogen-bond donors (Lipinski definition) is 1. The number of nitrogens with one attached hydrogen (secondary N) is 1. The Morgan fingerprint density at radius 1 is 1.14 bits per heavy atom. The Hall–Kier alpha value is -2.34. The summed E-state index contributed by atoms with van der Waals surface area (Å²) in [4.78, 5) is 27.3. The molecule has 0 aliphatic carbocycles. The molecule has 0 unspecified atom stereocenters. The van der Waals surface area contributed by atoms with Crippen LogP contribution in [0.3, 0.4) is 0 Å². The molecule has 1 aliphatic rings. The molecule has 1 heterocycles. The first kappa shape index (κ1) is 16.0. The van der Waals surface area contributed by atoms with Crippen molar-refractivity contribution >= 4 is 23.2 Å². The molecule has 1 fully saturated rings. The van der Waals surface area contributed by atoms with Crippen molar-refractivity contribution in [1.82, 2.24) is 4.90 Å². The van der Waals surface area contributed by atoms with Crippen LogP contribution >= 0.6 is 0 Å². The van der Waals surface area contributed by atoms with E-state index in [9.17, 15) is 9.59 Å². The maximum Gasteiger partial charge on any atom is 0.248 e. The molecule has 2 rings (SSSR count). The molecular weight excluding hydrogens is 282 g/mol. The highest BCUT2D eigenvalue weighted by atomic mass is 16.5. The molecular formula is C16H21N3O3. The van der Waals surface area contributed by atoms with Crippen LogP contribution in [0.25, 0.3) is 0 Å². The van der Waals surface area contributed by atoms with E-state index in [-0.39, 0.29) is 11.8 Å². The normalized spacial score (nSPS) is 14.9.